The molecule has 2 heterocycles. The van der Waals surface area contributed by atoms with Crippen LogP contribution in [0, 0.1) is 6.92 Å². The van der Waals surface area contributed by atoms with Crippen molar-refractivity contribution in [2.24, 2.45) is 0 Å². The van der Waals surface area contributed by atoms with Crippen molar-refractivity contribution in [2.75, 3.05) is 4.90 Å². The predicted molar refractivity (Wildman–Crippen MR) is 116 cm³/mol. The highest BCUT2D eigenvalue weighted by molar-refractivity contribution is 9.10. The van der Waals surface area contributed by atoms with Crippen molar-refractivity contribution in [2.45, 2.75) is 13.0 Å². The Labute approximate surface area is 181 Å². The molecular weight excluding hydrogens is 448 g/mol. The molecule has 7 heteroatoms. The monoisotopic (exact) mass is 464 g/mol. The van der Waals surface area contributed by atoms with Crippen LogP contribution in [0.25, 0.3) is 5.76 Å². The molecule has 2 N–H and O–H groups in total. The summed E-state index contributed by atoms with van der Waals surface area (Å²) in [6.45, 7) is 1.86. The van der Waals surface area contributed by atoms with Gasteiger partial charge in [0, 0.05) is 16.2 Å². The Morgan fingerprint density at radius 1 is 1.07 bits per heavy atom. The molecule has 0 radical (unpaired) electrons. The van der Waals surface area contributed by atoms with Crippen LogP contribution in [0.5, 0.6) is 5.75 Å². The molecule has 1 fully saturated rings. The molecule has 0 bridgehead atoms. The number of aromatic hydroxyl groups is 1. The normalized spacial score (nSPS) is 18.1. The van der Waals surface area contributed by atoms with Crippen LogP contribution in [-0.4, -0.2) is 26.9 Å². The number of para-hydroxylation sites is 2. The highest BCUT2D eigenvalue weighted by Gasteiger charge is 2.48. The van der Waals surface area contributed by atoms with E-state index in [0.29, 0.717) is 11.3 Å². The Balaban J connectivity index is 1.97. The van der Waals surface area contributed by atoms with Crippen molar-refractivity contribution in [3.63, 3.8) is 0 Å². The average Bonchev–Trinajstić information content (AvgIpc) is 3.01. The third-order valence-electron chi connectivity index (χ3n) is 4.98. The zero-order valence-corrected chi connectivity index (χ0v) is 17.5. The zero-order valence-electron chi connectivity index (χ0n) is 15.9. The van der Waals surface area contributed by atoms with E-state index < -0.39 is 17.7 Å². The largest absolute Gasteiger partial charge is 0.507 e. The van der Waals surface area contributed by atoms with E-state index in [1.165, 1.54) is 11.0 Å². The third-order valence-corrected chi connectivity index (χ3v) is 5.87. The highest BCUT2D eigenvalue weighted by atomic mass is 79.9. The fourth-order valence-electron chi connectivity index (χ4n) is 3.51. The summed E-state index contributed by atoms with van der Waals surface area (Å²) in [6, 6.07) is 15.5. The van der Waals surface area contributed by atoms with Crippen molar-refractivity contribution >= 4 is 39.1 Å². The first-order valence-electron chi connectivity index (χ1n) is 9.16. The molecule has 2 aromatic carbocycles. The SMILES string of the molecule is Cc1cc(/C(O)=C2/C(=O)C(=O)N(c3ccccc3O)C2c2ccccn2)ccc1Br. The van der Waals surface area contributed by atoms with Gasteiger partial charge in [0.25, 0.3) is 11.7 Å². The zero-order chi connectivity index (χ0) is 21.4. The summed E-state index contributed by atoms with van der Waals surface area (Å²) in [5.41, 5.74) is 1.76. The lowest BCUT2D eigenvalue weighted by atomic mass is 9.97. The molecule has 0 saturated carbocycles. The van der Waals surface area contributed by atoms with Gasteiger partial charge in [-0.3, -0.25) is 19.5 Å². The molecule has 150 valence electrons. The van der Waals surface area contributed by atoms with Crippen LogP contribution in [0.15, 0.2) is 76.9 Å². The molecule has 0 aliphatic carbocycles. The van der Waals surface area contributed by atoms with Gasteiger partial charge in [-0.05, 0) is 48.9 Å². The Bertz CT molecular complexity index is 1190. The van der Waals surface area contributed by atoms with Crippen LogP contribution < -0.4 is 4.90 Å². The minimum absolute atomic E-state index is 0.0799. The summed E-state index contributed by atoms with van der Waals surface area (Å²) in [5, 5.41) is 21.4. The number of halogens is 1. The maximum atomic E-state index is 13.0. The van der Waals surface area contributed by atoms with E-state index >= 15 is 0 Å². The molecule has 30 heavy (non-hydrogen) atoms. The lowest BCUT2D eigenvalue weighted by Gasteiger charge is -2.25. The van der Waals surface area contributed by atoms with Gasteiger partial charge >= 0.3 is 0 Å². The number of ketones is 1. The van der Waals surface area contributed by atoms with Gasteiger partial charge in [-0.15, -0.1) is 0 Å². The standard InChI is InChI=1S/C23H17BrN2O4/c1-13-12-14(9-10-15(13)24)21(28)19-20(16-6-4-5-11-25-16)26(23(30)22(19)29)17-7-2-3-8-18(17)27/h2-12,20,27-28H,1H3/b21-19-. The number of carbonyl (C=O) groups excluding carboxylic acids is 2. The van der Waals surface area contributed by atoms with Crippen molar-refractivity contribution in [1.82, 2.24) is 4.98 Å². The molecule has 3 aromatic rings. The molecule has 0 spiro atoms. The molecule has 1 aromatic heterocycles. The quantitative estimate of drug-likeness (QED) is 0.338. The number of phenolic OH excluding ortho intramolecular Hbond substituents is 1. The van der Waals surface area contributed by atoms with Crippen molar-refractivity contribution in [3.05, 3.63) is 93.7 Å². The fraction of sp³-hybridized carbons (Fsp3) is 0.0870. The number of pyridine rings is 1. The Hall–Kier alpha value is -3.45. The van der Waals surface area contributed by atoms with E-state index in [1.807, 2.05) is 6.92 Å². The minimum atomic E-state index is -0.983. The third kappa shape index (κ3) is 3.27. The van der Waals surface area contributed by atoms with Gasteiger partial charge in [-0.25, -0.2) is 0 Å². The molecule has 6 nitrogen and oxygen atoms in total. The number of amides is 1. The van der Waals surface area contributed by atoms with E-state index in [0.717, 1.165) is 10.0 Å². The number of anilines is 1. The first-order chi connectivity index (χ1) is 14.4. The number of nitrogens with zero attached hydrogens (tertiary/aromatic N) is 2. The van der Waals surface area contributed by atoms with E-state index in [9.17, 15) is 19.8 Å². The lowest BCUT2D eigenvalue weighted by molar-refractivity contribution is -0.132. The van der Waals surface area contributed by atoms with Gasteiger partial charge in [0.15, 0.2) is 0 Å². The van der Waals surface area contributed by atoms with Crippen LogP contribution in [0.1, 0.15) is 22.9 Å². The number of hydrogen-bond acceptors (Lipinski definition) is 5. The van der Waals surface area contributed by atoms with Crippen LogP contribution >= 0.6 is 15.9 Å². The Kier molecular flexibility index (Phi) is 5.13. The minimum Gasteiger partial charge on any atom is -0.507 e. The molecule has 1 amide bonds. The Morgan fingerprint density at radius 3 is 2.47 bits per heavy atom. The number of rotatable bonds is 3. The maximum absolute atomic E-state index is 13.0. The molecule has 1 atom stereocenters. The number of aromatic nitrogens is 1. The van der Waals surface area contributed by atoms with Crippen molar-refractivity contribution in [3.8, 4) is 5.75 Å². The van der Waals surface area contributed by atoms with E-state index in [4.69, 9.17) is 0 Å². The lowest BCUT2D eigenvalue weighted by Crippen LogP contribution is -2.29. The second-order valence-electron chi connectivity index (χ2n) is 6.88. The number of Topliss-reactive ketones (excluding diaryl/α,β-unsaturated/α-hetero) is 1. The number of aliphatic hydroxyl groups is 1. The van der Waals surface area contributed by atoms with Gasteiger partial charge in [-0.2, -0.15) is 0 Å². The van der Waals surface area contributed by atoms with Gasteiger partial charge in [0.2, 0.25) is 0 Å². The topological polar surface area (TPSA) is 90.7 Å². The Morgan fingerprint density at radius 2 is 1.80 bits per heavy atom. The summed E-state index contributed by atoms with van der Waals surface area (Å²) in [5.74, 6) is -2.13. The predicted octanol–water partition coefficient (Wildman–Crippen LogP) is 4.48. The molecule has 1 aliphatic rings. The maximum Gasteiger partial charge on any atom is 0.300 e. The summed E-state index contributed by atoms with van der Waals surface area (Å²) in [6.07, 6.45) is 1.55. The average molecular weight is 465 g/mol. The van der Waals surface area contributed by atoms with Crippen LogP contribution in [0.4, 0.5) is 5.69 Å². The van der Waals surface area contributed by atoms with Crippen molar-refractivity contribution in [1.29, 1.82) is 0 Å². The smallest absolute Gasteiger partial charge is 0.300 e. The number of carbonyl (C=O) groups is 2. The number of aryl methyl sites for hydroxylation is 1. The summed E-state index contributed by atoms with van der Waals surface area (Å²) in [7, 11) is 0. The fourth-order valence-corrected chi connectivity index (χ4v) is 3.76. The van der Waals surface area contributed by atoms with Crippen molar-refractivity contribution < 1.29 is 19.8 Å². The van der Waals surface area contributed by atoms with Gasteiger partial charge < -0.3 is 10.2 Å². The summed E-state index contributed by atoms with van der Waals surface area (Å²) < 4.78 is 0.856. The second-order valence-corrected chi connectivity index (χ2v) is 7.73. The summed E-state index contributed by atoms with van der Waals surface area (Å²) in [4.78, 5) is 31.5. The van der Waals surface area contributed by atoms with E-state index in [2.05, 4.69) is 20.9 Å². The van der Waals surface area contributed by atoms with E-state index in [1.54, 1.807) is 60.8 Å². The first-order valence-corrected chi connectivity index (χ1v) is 9.96. The molecule has 1 unspecified atom stereocenters. The van der Waals surface area contributed by atoms with Crippen LogP contribution in [0.3, 0.4) is 0 Å². The van der Waals surface area contributed by atoms with Gasteiger partial charge in [0.05, 0.1) is 17.0 Å². The second kappa shape index (κ2) is 7.76. The molecule has 1 saturated heterocycles. The summed E-state index contributed by atoms with van der Waals surface area (Å²) >= 11 is 3.42. The number of aliphatic hydroxyl groups excluding tert-OH is 1. The van der Waals surface area contributed by atoms with Gasteiger partial charge in [-0.1, -0.05) is 40.2 Å². The highest BCUT2D eigenvalue weighted by Crippen LogP contribution is 2.44. The van der Waals surface area contributed by atoms with Gasteiger partial charge in [0.1, 0.15) is 17.6 Å². The van der Waals surface area contributed by atoms with Crippen LogP contribution in [-0.2, 0) is 9.59 Å². The number of hydrogen-bond donors (Lipinski definition) is 2. The molecule has 1 aliphatic heterocycles. The molecular formula is C23H17BrN2O4. The first kappa shape index (κ1) is 19.8. The molecule has 4 rings (SSSR count). The van der Waals surface area contributed by atoms with E-state index in [-0.39, 0.29) is 22.8 Å². The number of benzene rings is 2. The van der Waals surface area contributed by atoms with Crippen LogP contribution in [0.2, 0.25) is 0 Å². The number of phenols is 1.